The third-order valence-electron chi connectivity index (χ3n) is 13.7. The summed E-state index contributed by atoms with van der Waals surface area (Å²) >= 11 is 0. The third kappa shape index (κ3) is 5.44. The van der Waals surface area contributed by atoms with Gasteiger partial charge in [0.25, 0.3) is 0 Å². The fourth-order valence-electron chi connectivity index (χ4n) is 10.9. The molecule has 10 aromatic carbocycles. The number of nitrogens with one attached hydrogen (secondary N) is 1. The molecule has 1 N–H and O–H groups in total. The summed E-state index contributed by atoms with van der Waals surface area (Å²) in [5.41, 5.74) is 18.9. The van der Waals surface area contributed by atoms with Gasteiger partial charge in [0.15, 0.2) is 0 Å². The molecule has 1 spiro atoms. The van der Waals surface area contributed by atoms with Crippen molar-refractivity contribution in [2.75, 3.05) is 4.90 Å². The summed E-state index contributed by atoms with van der Waals surface area (Å²) in [6.07, 6.45) is -0.270. The standard InChI is InChI=1S/C61H41N3/c1-2-20-46(21-3-1)64-57-30-12-9-27-53(57)61(54-28-10-13-31-58(54)64)52-26-8-6-23-49(52)50-37-36-44(39-55(50)61)43-18-14-19-45(38-43)60-62-56-29-11-7-24-51(56)59(63-60)42-34-32-41(33-35-42)48-25-15-17-40-16-4-5-22-47(40)48/h1-39,60,63H. The van der Waals surface area contributed by atoms with Crippen molar-refractivity contribution in [3.05, 3.63) is 281 Å². The summed E-state index contributed by atoms with van der Waals surface area (Å²) in [5.74, 6) is 0. The Hall–Kier alpha value is -8.27. The fourth-order valence-corrected chi connectivity index (χ4v) is 10.9. The van der Waals surface area contributed by atoms with Crippen LogP contribution in [0.1, 0.15) is 39.5 Å². The summed E-state index contributed by atoms with van der Waals surface area (Å²) in [6, 6.07) is 86.5. The first-order valence-corrected chi connectivity index (χ1v) is 22.2. The predicted octanol–water partition coefficient (Wildman–Crippen LogP) is 13.4. The average Bonchev–Trinajstić information content (AvgIpc) is 3.66. The molecule has 13 rings (SSSR count). The topological polar surface area (TPSA) is 27.6 Å². The first kappa shape index (κ1) is 36.4. The van der Waals surface area contributed by atoms with Gasteiger partial charge >= 0.3 is 0 Å². The highest BCUT2D eigenvalue weighted by molar-refractivity contribution is 5.98. The Kier molecular flexibility index (Phi) is 8.19. The second-order valence-corrected chi connectivity index (χ2v) is 17.1. The summed E-state index contributed by atoms with van der Waals surface area (Å²) in [6.45, 7) is 0. The van der Waals surface area contributed by atoms with E-state index in [1.165, 1.54) is 72.2 Å². The van der Waals surface area contributed by atoms with Gasteiger partial charge in [-0.05, 0) is 120 Å². The van der Waals surface area contributed by atoms with Crippen LogP contribution in [0.2, 0.25) is 0 Å². The molecule has 1 unspecified atom stereocenters. The largest absolute Gasteiger partial charge is 0.359 e. The molecule has 0 amide bonds. The van der Waals surface area contributed by atoms with Crippen molar-refractivity contribution in [3.63, 3.8) is 0 Å². The van der Waals surface area contributed by atoms with E-state index >= 15 is 0 Å². The molecule has 3 aliphatic rings. The summed E-state index contributed by atoms with van der Waals surface area (Å²) < 4.78 is 0. The van der Waals surface area contributed by atoms with Crippen molar-refractivity contribution in [2.24, 2.45) is 4.99 Å². The molecule has 300 valence electrons. The zero-order valence-corrected chi connectivity index (χ0v) is 35.0. The van der Waals surface area contributed by atoms with E-state index in [1.54, 1.807) is 0 Å². The van der Waals surface area contributed by atoms with Crippen LogP contribution in [-0.4, -0.2) is 0 Å². The Labute approximate surface area is 372 Å². The number of hydrogen-bond donors (Lipinski definition) is 1. The van der Waals surface area contributed by atoms with Crippen molar-refractivity contribution in [1.82, 2.24) is 5.32 Å². The van der Waals surface area contributed by atoms with E-state index in [1.807, 2.05) is 0 Å². The van der Waals surface area contributed by atoms with Crippen molar-refractivity contribution in [3.8, 4) is 33.4 Å². The van der Waals surface area contributed by atoms with Gasteiger partial charge in [0.1, 0.15) is 6.17 Å². The Bertz CT molecular complexity index is 3550. The summed E-state index contributed by atoms with van der Waals surface area (Å²) in [7, 11) is 0. The second-order valence-electron chi connectivity index (χ2n) is 17.1. The molecule has 0 saturated carbocycles. The van der Waals surface area contributed by atoms with E-state index in [9.17, 15) is 0 Å². The number of fused-ring (bicyclic) bond motifs is 11. The highest BCUT2D eigenvalue weighted by Gasteiger charge is 2.51. The first-order valence-electron chi connectivity index (χ1n) is 22.2. The van der Waals surface area contributed by atoms with Gasteiger partial charge in [-0.25, -0.2) is 0 Å². The van der Waals surface area contributed by atoms with E-state index < -0.39 is 5.41 Å². The number of benzene rings is 10. The van der Waals surface area contributed by atoms with E-state index in [4.69, 9.17) is 4.99 Å². The zero-order chi connectivity index (χ0) is 42.2. The molecular formula is C61H41N3. The lowest BCUT2D eigenvalue weighted by molar-refractivity contribution is 0.634. The van der Waals surface area contributed by atoms with Gasteiger partial charge in [-0.3, -0.25) is 4.99 Å². The molecule has 1 aliphatic carbocycles. The van der Waals surface area contributed by atoms with Crippen LogP contribution in [0.3, 0.4) is 0 Å². The van der Waals surface area contributed by atoms with Crippen molar-refractivity contribution in [2.45, 2.75) is 11.6 Å². The maximum atomic E-state index is 5.32. The van der Waals surface area contributed by atoms with Gasteiger partial charge in [-0.1, -0.05) is 194 Å². The Morgan fingerprint density at radius 2 is 1.00 bits per heavy atom. The van der Waals surface area contributed by atoms with Gasteiger partial charge in [0.05, 0.1) is 27.8 Å². The molecule has 3 heteroatoms. The van der Waals surface area contributed by atoms with Crippen LogP contribution >= 0.6 is 0 Å². The maximum Gasteiger partial charge on any atom is 0.145 e. The fraction of sp³-hybridized carbons (Fsp3) is 0.0328. The van der Waals surface area contributed by atoms with Crippen LogP contribution in [0.25, 0.3) is 49.9 Å². The Morgan fingerprint density at radius 3 is 1.83 bits per heavy atom. The Balaban J connectivity index is 0.914. The number of rotatable bonds is 5. The SMILES string of the molecule is c1ccc(N2c3ccccc3C3(c4ccccc4-c4ccc(-c5cccc(C6N=c7ccccc7=C(c7ccc(-c8cccc9ccccc89)cc7)N6)c5)cc43)c3ccccc32)cc1. The monoisotopic (exact) mass is 815 g/mol. The minimum absolute atomic E-state index is 0.270. The van der Waals surface area contributed by atoms with Gasteiger partial charge in [-0.2, -0.15) is 0 Å². The van der Waals surface area contributed by atoms with E-state index in [-0.39, 0.29) is 6.17 Å². The molecule has 0 aromatic heterocycles. The first-order chi connectivity index (χ1) is 31.7. The number of para-hydroxylation sites is 4. The van der Waals surface area contributed by atoms with Crippen molar-refractivity contribution >= 4 is 33.5 Å². The minimum atomic E-state index is -0.519. The minimum Gasteiger partial charge on any atom is -0.359 e. The molecule has 0 saturated heterocycles. The molecule has 1 atom stereocenters. The van der Waals surface area contributed by atoms with Crippen LogP contribution in [0.4, 0.5) is 17.1 Å². The van der Waals surface area contributed by atoms with Crippen LogP contribution in [-0.2, 0) is 5.41 Å². The average molecular weight is 816 g/mol. The van der Waals surface area contributed by atoms with E-state index in [0.717, 1.165) is 38.7 Å². The lowest BCUT2D eigenvalue weighted by Crippen LogP contribution is -2.39. The molecule has 0 fully saturated rings. The highest BCUT2D eigenvalue weighted by atomic mass is 15.2. The number of nitrogens with zero attached hydrogens (tertiary/aromatic N) is 2. The number of hydrogen-bond acceptors (Lipinski definition) is 3. The van der Waals surface area contributed by atoms with Crippen molar-refractivity contribution in [1.29, 1.82) is 0 Å². The van der Waals surface area contributed by atoms with Gasteiger partial charge in [0, 0.05) is 10.9 Å². The zero-order valence-electron chi connectivity index (χ0n) is 35.0. The molecule has 2 heterocycles. The van der Waals surface area contributed by atoms with Gasteiger partial charge < -0.3 is 10.2 Å². The highest BCUT2D eigenvalue weighted by Crippen LogP contribution is 2.63. The smallest absolute Gasteiger partial charge is 0.145 e. The molecule has 2 aliphatic heterocycles. The van der Waals surface area contributed by atoms with Crippen molar-refractivity contribution < 1.29 is 0 Å². The molecule has 0 bridgehead atoms. The normalized spacial score (nSPS) is 15.0. The maximum absolute atomic E-state index is 5.32. The lowest BCUT2D eigenvalue weighted by Gasteiger charge is -2.45. The molecule has 0 radical (unpaired) electrons. The second kappa shape index (κ2) is 14.4. The molecule has 3 nitrogen and oxygen atoms in total. The quantitative estimate of drug-likeness (QED) is 0.187. The third-order valence-corrected chi connectivity index (χ3v) is 13.7. The van der Waals surface area contributed by atoms with E-state index in [0.29, 0.717) is 0 Å². The molecular weight excluding hydrogens is 775 g/mol. The Morgan fingerprint density at radius 1 is 0.406 bits per heavy atom. The molecule has 64 heavy (non-hydrogen) atoms. The van der Waals surface area contributed by atoms with Crippen LogP contribution < -0.4 is 20.8 Å². The van der Waals surface area contributed by atoms with Gasteiger partial charge in [0.2, 0.25) is 0 Å². The number of anilines is 3. The van der Waals surface area contributed by atoms with E-state index in [2.05, 4.69) is 247 Å². The van der Waals surface area contributed by atoms with Gasteiger partial charge in [-0.15, -0.1) is 0 Å². The summed E-state index contributed by atoms with van der Waals surface area (Å²) in [4.78, 5) is 7.76. The van der Waals surface area contributed by atoms with Crippen LogP contribution in [0.5, 0.6) is 0 Å². The van der Waals surface area contributed by atoms with Crippen LogP contribution in [0, 0.1) is 0 Å². The van der Waals surface area contributed by atoms with Crippen LogP contribution in [0.15, 0.2) is 242 Å². The lowest BCUT2D eigenvalue weighted by atomic mass is 9.64. The molecule has 10 aromatic rings. The summed E-state index contributed by atoms with van der Waals surface area (Å²) in [5, 5.41) is 8.50. The predicted molar refractivity (Wildman–Crippen MR) is 262 cm³/mol.